The minimum absolute atomic E-state index is 0.153. The molecule has 3 aromatic heterocycles. The van der Waals surface area contributed by atoms with Gasteiger partial charge in [-0.3, -0.25) is 4.98 Å². The van der Waals surface area contributed by atoms with Gasteiger partial charge in [-0.15, -0.1) is 11.3 Å². The summed E-state index contributed by atoms with van der Waals surface area (Å²) in [5.41, 5.74) is 3.82. The average molecular weight is 531 g/mol. The van der Waals surface area contributed by atoms with Crippen LogP contribution in [0.5, 0.6) is 0 Å². The fourth-order valence-electron chi connectivity index (χ4n) is 4.94. The molecule has 2 atom stereocenters. The first-order valence-electron chi connectivity index (χ1n) is 12.7. The second-order valence-corrected chi connectivity index (χ2v) is 13.3. The molecule has 0 aromatic carbocycles. The normalized spacial score (nSPS) is 20.2. The number of fused-ring (bicyclic) bond motifs is 1. The molecule has 36 heavy (non-hydrogen) atoms. The molecule has 3 heterocycles. The van der Waals surface area contributed by atoms with E-state index in [0.29, 0.717) is 25.0 Å². The molecule has 3 aromatic rings. The fraction of sp³-hybridized carbons (Fsp3) is 0.600. The Kier molecular flexibility index (Phi) is 7.41. The molecule has 0 aliphatic heterocycles. The summed E-state index contributed by atoms with van der Waals surface area (Å²) in [5.74, 6) is 2.43. The Morgan fingerprint density at radius 1 is 1.17 bits per heavy atom. The van der Waals surface area contributed by atoms with Crippen LogP contribution in [0.1, 0.15) is 56.3 Å². The van der Waals surface area contributed by atoms with Crippen molar-refractivity contribution in [2.75, 3.05) is 42.4 Å². The van der Waals surface area contributed by atoms with Gasteiger partial charge in [0.1, 0.15) is 26.2 Å². The average Bonchev–Trinajstić information content (AvgIpc) is 3.46. The monoisotopic (exact) mass is 530 g/mol. The Hall–Kier alpha value is -2.37. The summed E-state index contributed by atoms with van der Waals surface area (Å²) in [4.78, 5) is 19.2. The van der Waals surface area contributed by atoms with E-state index in [9.17, 15) is 8.42 Å². The molecule has 2 aliphatic carbocycles. The topological polar surface area (TPSA) is 119 Å². The van der Waals surface area contributed by atoms with Crippen LogP contribution in [0, 0.1) is 12.8 Å². The van der Waals surface area contributed by atoms with Crippen LogP contribution in [0.25, 0.3) is 20.8 Å². The third-order valence-corrected chi connectivity index (χ3v) is 9.90. The first-order valence-corrected chi connectivity index (χ1v) is 15.3. The predicted molar refractivity (Wildman–Crippen MR) is 145 cm³/mol. The highest BCUT2D eigenvalue weighted by Gasteiger charge is 2.31. The van der Waals surface area contributed by atoms with Gasteiger partial charge in [0.15, 0.2) is 0 Å². The summed E-state index contributed by atoms with van der Waals surface area (Å²) in [5, 5.41) is 7.77. The number of aromatic nitrogens is 4. The maximum atomic E-state index is 12.2. The van der Waals surface area contributed by atoms with Crippen LogP contribution < -0.4 is 10.6 Å². The van der Waals surface area contributed by atoms with E-state index in [4.69, 9.17) is 19.7 Å². The lowest BCUT2D eigenvalue weighted by atomic mass is 10.1. The van der Waals surface area contributed by atoms with E-state index in [1.165, 1.54) is 12.8 Å². The fourth-order valence-corrected chi connectivity index (χ4v) is 7.27. The van der Waals surface area contributed by atoms with Gasteiger partial charge < -0.3 is 15.4 Å². The largest absolute Gasteiger partial charge is 0.383 e. The number of nitrogens with zero attached hydrogens (tertiary/aromatic N) is 4. The Balaban J connectivity index is 1.46. The van der Waals surface area contributed by atoms with Gasteiger partial charge in [-0.25, -0.2) is 18.4 Å². The lowest BCUT2D eigenvalue weighted by Crippen LogP contribution is -2.21. The Morgan fingerprint density at radius 2 is 2.00 bits per heavy atom. The van der Waals surface area contributed by atoms with Gasteiger partial charge in [0, 0.05) is 37.6 Å². The van der Waals surface area contributed by atoms with Gasteiger partial charge in [0.05, 0.1) is 34.0 Å². The van der Waals surface area contributed by atoms with Crippen molar-refractivity contribution < 1.29 is 13.2 Å². The summed E-state index contributed by atoms with van der Waals surface area (Å²) < 4.78 is 30.6. The quantitative estimate of drug-likeness (QED) is 0.347. The van der Waals surface area contributed by atoms with Crippen molar-refractivity contribution in [1.29, 1.82) is 0 Å². The number of hydrogen-bond donors (Lipinski definition) is 2. The van der Waals surface area contributed by atoms with Gasteiger partial charge in [-0.05, 0) is 51.0 Å². The summed E-state index contributed by atoms with van der Waals surface area (Å²) in [7, 11) is -1.32. The minimum atomic E-state index is -2.99. The van der Waals surface area contributed by atoms with E-state index in [1.54, 1.807) is 25.4 Å². The van der Waals surface area contributed by atoms with Crippen LogP contribution in [0.4, 0.5) is 11.8 Å². The lowest BCUT2D eigenvalue weighted by molar-refractivity contribution is 0.210. The predicted octanol–water partition coefficient (Wildman–Crippen LogP) is 4.41. The third kappa shape index (κ3) is 5.63. The van der Waals surface area contributed by atoms with Crippen LogP contribution in [-0.2, 0) is 14.6 Å². The van der Waals surface area contributed by atoms with E-state index in [2.05, 4.69) is 15.6 Å². The molecule has 0 amide bonds. The standard InChI is InChI=1S/C25H34N6O3S2/c1-4-36(32,33)14-16-5-8-18(13-16)29-23-20(15(2)28-25(31-23)27-11-12-34-3)24-30-22-19(35-24)9-10-26-21(22)17-6-7-17/h9-10,16-18H,4-8,11-14H2,1-3H3,(H2,27,28,29,31). The van der Waals surface area contributed by atoms with E-state index in [-0.39, 0.29) is 23.5 Å². The van der Waals surface area contributed by atoms with Crippen molar-refractivity contribution in [3.8, 4) is 10.6 Å². The number of anilines is 2. The molecule has 2 fully saturated rings. The smallest absolute Gasteiger partial charge is 0.224 e. The molecular formula is C25H34N6O3S2. The first-order chi connectivity index (χ1) is 17.4. The molecule has 11 heteroatoms. The maximum absolute atomic E-state index is 12.2. The van der Waals surface area contributed by atoms with E-state index >= 15 is 0 Å². The SMILES string of the molecule is CCS(=O)(=O)CC1CCC(Nc2nc(NCCOC)nc(C)c2-c2nc3c(C4CC4)nccc3s2)C1. The van der Waals surface area contributed by atoms with Gasteiger partial charge in [-0.1, -0.05) is 6.92 Å². The zero-order valence-electron chi connectivity index (χ0n) is 21.1. The van der Waals surface area contributed by atoms with Crippen molar-refractivity contribution in [3.05, 3.63) is 23.7 Å². The molecule has 2 unspecified atom stereocenters. The molecular weight excluding hydrogens is 496 g/mol. The molecule has 2 saturated carbocycles. The Morgan fingerprint density at radius 3 is 2.75 bits per heavy atom. The molecule has 5 rings (SSSR count). The minimum Gasteiger partial charge on any atom is -0.383 e. The number of aryl methyl sites for hydroxylation is 1. The molecule has 9 nitrogen and oxygen atoms in total. The summed E-state index contributed by atoms with van der Waals surface area (Å²) in [6.07, 6.45) is 6.84. The highest BCUT2D eigenvalue weighted by atomic mass is 32.2. The third-order valence-electron chi connectivity index (χ3n) is 7.00. The maximum Gasteiger partial charge on any atom is 0.224 e. The van der Waals surface area contributed by atoms with Crippen molar-refractivity contribution in [2.24, 2.45) is 5.92 Å². The summed E-state index contributed by atoms with van der Waals surface area (Å²) in [6, 6.07) is 2.18. The number of ether oxygens (including phenoxy) is 1. The highest BCUT2D eigenvalue weighted by Crippen LogP contribution is 2.44. The zero-order valence-corrected chi connectivity index (χ0v) is 22.7. The van der Waals surface area contributed by atoms with Gasteiger partial charge in [0.2, 0.25) is 5.95 Å². The van der Waals surface area contributed by atoms with Crippen molar-refractivity contribution in [1.82, 2.24) is 19.9 Å². The van der Waals surface area contributed by atoms with Crippen LogP contribution in [0.3, 0.4) is 0 Å². The van der Waals surface area contributed by atoms with Crippen molar-refractivity contribution in [3.63, 3.8) is 0 Å². The van der Waals surface area contributed by atoms with Gasteiger partial charge in [0.25, 0.3) is 0 Å². The molecule has 0 radical (unpaired) electrons. The van der Waals surface area contributed by atoms with Gasteiger partial charge >= 0.3 is 0 Å². The second kappa shape index (κ2) is 10.5. The number of nitrogens with one attached hydrogen (secondary N) is 2. The van der Waals surface area contributed by atoms with Crippen LogP contribution in [0.2, 0.25) is 0 Å². The van der Waals surface area contributed by atoms with E-state index in [0.717, 1.165) is 57.3 Å². The van der Waals surface area contributed by atoms with E-state index < -0.39 is 9.84 Å². The number of methoxy groups -OCH3 is 1. The number of thiazole rings is 1. The lowest BCUT2D eigenvalue weighted by Gasteiger charge is -2.18. The molecule has 2 aliphatic rings. The zero-order chi connectivity index (χ0) is 25.3. The molecule has 0 saturated heterocycles. The highest BCUT2D eigenvalue weighted by molar-refractivity contribution is 7.91. The molecule has 0 spiro atoms. The van der Waals surface area contributed by atoms with Gasteiger partial charge in [-0.2, -0.15) is 4.98 Å². The molecule has 2 N–H and O–H groups in total. The van der Waals surface area contributed by atoms with Crippen LogP contribution in [0.15, 0.2) is 12.3 Å². The summed E-state index contributed by atoms with van der Waals surface area (Å²) in [6.45, 7) is 4.86. The second-order valence-electron chi connectivity index (χ2n) is 9.83. The number of sulfone groups is 1. The molecule has 194 valence electrons. The van der Waals surface area contributed by atoms with Crippen molar-refractivity contribution in [2.45, 2.75) is 57.9 Å². The number of hydrogen-bond acceptors (Lipinski definition) is 10. The number of rotatable bonds is 11. The Labute approximate surface area is 216 Å². The van der Waals surface area contributed by atoms with Crippen LogP contribution in [-0.4, -0.2) is 66.2 Å². The molecule has 0 bridgehead atoms. The summed E-state index contributed by atoms with van der Waals surface area (Å²) >= 11 is 1.64. The van der Waals surface area contributed by atoms with Crippen LogP contribution >= 0.6 is 11.3 Å². The Bertz CT molecular complexity index is 1340. The van der Waals surface area contributed by atoms with Crippen molar-refractivity contribution >= 4 is 43.2 Å². The first kappa shape index (κ1) is 25.3. The number of pyridine rings is 1. The van der Waals surface area contributed by atoms with E-state index in [1.807, 2.05) is 19.2 Å².